The Kier molecular flexibility index (Phi) is 6.62. The quantitative estimate of drug-likeness (QED) is 0.394. The fraction of sp³-hybridized carbons (Fsp3) is 0.389. The molecule has 0 radical (unpaired) electrons. The van der Waals surface area contributed by atoms with Gasteiger partial charge in [0.1, 0.15) is 5.82 Å². The van der Waals surface area contributed by atoms with Crippen molar-refractivity contribution in [1.29, 1.82) is 0 Å². The van der Waals surface area contributed by atoms with Crippen LogP contribution in [0.5, 0.6) is 0 Å². The number of benzene rings is 1. The van der Waals surface area contributed by atoms with E-state index >= 15 is 0 Å². The largest absolute Gasteiger partial charge is 0.356 e. The second kappa shape index (κ2) is 8.29. The third-order valence-corrected chi connectivity index (χ3v) is 5.49. The van der Waals surface area contributed by atoms with Crippen molar-refractivity contribution in [3.63, 3.8) is 0 Å². The summed E-state index contributed by atoms with van der Waals surface area (Å²) in [6.45, 7) is 2.89. The van der Waals surface area contributed by atoms with E-state index in [0.29, 0.717) is 0 Å². The van der Waals surface area contributed by atoms with Gasteiger partial charge in [0.2, 0.25) is 0 Å². The van der Waals surface area contributed by atoms with Crippen LogP contribution in [0.25, 0.3) is 0 Å². The minimum Gasteiger partial charge on any atom is -0.356 e. The van der Waals surface area contributed by atoms with E-state index in [2.05, 4.69) is 40.1 Å². The predicted molar refractivity (Wildman–Crippen MR) is 110 cm³/mol. The van der Waals surface area contributed by atoms with Crippen LogP contribution in [-0.4, -0.2) is 19.6 Å². The first-order valence-electron chi connectivity index (χ1n) is 7.90. The fourth-order valence-electron chi connectivity index (χ4n) is 2.80. The van der Waals surface area contributed by atoms with Crippen molar-refractivity contribution in [2.75, 3.05) is 13.6 Å². The summed E-state index contributed by atoms with van der Waals surface area (Å²) in [7, 11) is 1.78. The summed E-state index contributed by atoms with van der Waals surface area (Å²) in [5, 5.41) is 8.89. The number of hydrogen-bond acceptors (Lipinski definition) is 2. The van der Waals surface area contributed by atoms with E-state index in [1.165, 1.54) is 10.9 Å². The fourth-order valence-corrected chi connectivity index (χ4v) is 3.53. The first kappa shape index (κ1) is 19.2. The van der Waals surface area contributed by atoms with Crippen LogP contribution in [0.15, 0.2) is 46.8 Å². The molecular weight excluding hydrogens is 436 g/mol. The van der Waals surface area contributed by atoms with Gasteiger partial charge in [0.15, 0.2) is 5.96 Å². The number of rotatable bonds is 5. The van der Waals surface area contributed by atoms with Gasteiger partial charge in [-0.15, -0.1) is 35.3 Å². The van der Waals surface area contributed by atoms with Crippen molar-refractivity contribution in [3.05, 3.63) is 58.0 Å². The van der Waals surface area contributed by atoms with E-state index in [1.54, 1.807) is 30.5 Å². The maximum atomic E-state index is 13.5. The van der Waals surface area contributed by atoms with E-state index in [-0.39, 0.29) is 41.3 Å². The molecular formula is C18H23FIN3S. The van der Waals surface area contributed by atoms with Crippen LogP contribution >= 0.6 is 35.3 Å². The second-order valence-corrected chi connectivity index (χ2v) is 7.08. The lowest BCUT2D eigenvalue weighted by Gasteiger charge is -2.21. The monoisotopic (exact) mass is 459 g/mol. The van der Waals surface area contributed by atoms with Crippen molar-refractivity contribution < 1.29 is 4.39 Å². The van der Waals surface area contributed by atoms with Gasteiger partial charge in [0, 0.05) is 23.9 Å². The normalized spacial score (nSPS) is 16.9. The molecule has 130 valence electrons. The summed E-state index contributed by atoms with van der Waals surface area (Å²) in [5.41, 5.74) is 1.12. The van der Waals surface area contributed by atoms with E-state index < -0.39 is 0 Å². The van der Waals surface area contributed by atoms with E-state index in [0.717, 1.165) is 30.9 Å². The van der Waals surface area contributed by atoms with Crippen molar-refractivity contribution in [2.24, 2.45) is 4.99 Å². The van der Waals surface area contributed by atoms with Gasteiger partial charge >= 0.3 is 0 Å². The highest BCUT2D eigenvalue weighted by Crippen LogP contribution is 2.47. The van der Waals surface area contributed by atoms with E-state index in [9.17, 15) is 4.39 Å². The van der Waals surface area contributed by atoms with Crippen LogP contribution in [0.4, 0.5) is 4.39 Å². The zero-order valence-electron chi connectivity index (χ0n) is 13.9. The van der Waals surface area contributed by atoms with Crippen LogP contribution in [0.3, 0.4) is 0 Å². The van der Waals surface area contributed by atoms with Crippen LogP contribution in [0.2, 0.25) is 0 Å². The number of nitrogens with one attached hydrogen (secondary N) is 2. The molecule has 1 fully saturated rings. The number of nitrogens with zero attached hydrogens (tertiary/aromatic N) is 1. The van der Waals surface area contributed by atoms with Gasteiger partial charge in [-0.3, -0.25) is 4.99 Å². The smallest absolute Gasteiger partial charge is 0.191 e. The van der Waals surface area contributed by atoms with E-state index in [4.69, 9.17) is 0 Å². The number of hydrogen-bond donors (Lipinski definition) is 2. The molecule has 0 aliphatic heterocycles. The molecule has 1 aliphatic carbocycles. The molecule has 1 aromatic carbocycles. The molecule has 3 rings (SSSR count). The first-order chi connectivity index (χ1) is 11.1. The lowest BCUT2D eigenvalue weighted by atomic mass is 9.96. The Morgan fingerprint density at radius 2 is 2.12 bits per heavy atom. The summed E-state index contributed by atoms with van der Waals surface area (Å²) >= 11 is 1.73. The van der Waals surface area contributed by atoms with Crippen LogP contribution in [0, 0.1) is 5.82 Å². The van der Waals surface area contributed by atoms with Crippen molar-refractivity contribution >= 4 is 41.3 Å². The molecule has 0 saturated heterocycles. The Morgan fingerprint density at radius 3 is 2.71 bits per heavy atom. The molecule has 0 spiro atoms. The molecule has 1 heterocycles. The highest BCUT2D eigenvalue weighted by molar-refractivity contribution is 14.0. The molecule has 2 N–H and O–H groups in total. The first-order valence-corrected chi connectivity index (χ1v) is 8.77. The minimum atomic E-state index is -0.164. The summed E-state index contributed by atoms with van der Waals surface area (Å²) < 4.78 is 13.5. The number of halogens is 2. The summed E-state index contributed by atoms with van der Waals surface area (Å²) in [6, 6.07) is 11.3. The molecule has 24 heavy (non-hydrogen) atoms. The van der Waals surface area contributed by atoms with Gasteiger partial charge < -0.3 is 10.6 Å². The molecule has 1 aromatic heterocycles. The van der Waals surface area contributed by atoms with Gasteiger partial charge in [0.25, 0.3) is 0 Å². The number of thiophene rings is 1. The highest BCUT2D eigenvalue weighted by atomic mass is 127. The molecule has 1 aliphatic rings. The van der Waals surface area contributed by atoms with Gasteiger partial charge in [0.05, 0.1) is 6.04 Å². The molecule has 0 bridgehead atoms. The molecule has 1 unspecified atom stereocenters. The topological polar surface area (TPSA) is 36.4 Å². The van der Waals surface area contributed by atoms with E-state index in [1.807, 2.05) is 6.07 Å². The van der Waals surface area contributed by atoms with Crippen LogP contribution in [0.1, 0.15) is 36.2 Å². The Bertz CT molecular complexity index is 683. The van der Waals surface area contributed by atoms with Crippen LogP contribution < -0.4 is 10.6 Å². The third-order valence-electron chi connectivity index (χ3n) is 4.43. The lowest BCUT2D eigenvalue weighted by molar-refractivity contribution is 0.603. The zero-order chi connectivity index (χ0) is 16.3. The van der Waals surface area contributed by atoms with Crippen molar-refractivity contribution in [3.8, 4) is 0 Å². The average molecular weight is 459 g/mol. The standard InChI is InChI=1S/C18H22FN3S.HI/c1-13(16-7-4-10-23-16)22-17(20-2)21-12-18(8-9-18)14-5-3-6-15(19)11-14;/h3-7,10-11,13H,8-9,12H2,1-2H3,(H2,20,21,22);1H. The van der Waals surface area contributed by atoms with Crippen molar-refractivity contribution in [1.82, 2.24) is 10.6 Å². The van der Waals surface area contributed by atoms with Gasteiger partial charge in [-0.05, 0) is 48.9 Å². The average Bonchev–Trinajstić information content (AvgIpc) is 3.14. The van der Waals surface area contributed by atoms with Crippen LogP contribution in [-0.2, 0) is 5.41 Å². The maximum absolute atomic E-state index is 13.5. The summed E-state index contributed by atoms with van der Waals surface area (Å²) in [4.78, 5) is 5.58. The summed E-state index contributed by atoms with van der Waals surface area (Å²) in [5.74, 6) is 0.621. The Hall–Kier alpha value is -1.15. The lowest BCUT2D eigenvalue weighted by Crippen LogP contribution is -2.42. The number of guanidine groups is 1. The predicted octanol–water partition coefficient (Wildman–Crippen LogP) is 4.46. The Morgan fingerprint density at radius 1 is 1.33 bits per heavy atom. The Balaban J connectivity index is 0.00000208. The molecule has 6 heteroatoms. The molecule has 1 atom stereocenters. The minimum absolute atomic E-state index is 0. The highest BCUT2D eigenvalue weighted by Gasteiger charge is 2.44. The molecule has 2 aromatic rings. The van der Waals surface area contributed by atoms with Gasteiger partial charge in [-0.25, -0.2) is 4.39 Å². The number of aliphatic imine (C=N–C) groups is 1. The van der Waals surface area contributed by atoms with Crippen molar-refractivity contribution in [2.45, 2.75) is 31.2 Å². The maximum Gasteiger partial charge on any atom is 0.191 e. The SMILES string of the molecule is CN=C(NCC1(c2cccc(F)c2)CC1)NC(C)c1cccs1.I. The molecule has 3 nitrogen and oxygen atoms in total. The Labute approximate surface area is 163 Å². The third kappa shape index (κ3) is 4.47. The molecule has 0 amide bonds. The second-order valence-electron chi connectivity index (χ2n) is 6.10. The molecule has 1 saturated carbocycles. The summed E-state index contributed by atoms with van der Waals surface area (Å²) in [6.07, 6.45) is 2.17. The zero-order valence-corrected chi connectivity index (χ0v) is 17.0. The van der Waals surface area contributed by atoms with Gasteiger partial charge in [-0.2, -0.15) is 0 Å². The van der Waals surface area contributed by atoms with Gasteiger partial charge in [-0.1, -0.05) is 18.2 Å².